The van der Waals surface area contributed by atoms with E-state index in [4.69, 9.17) is 10.5 Å². The van der Waals surface area contributed by atoms with Crippen molar-refractivity contribution in [1.82, 2.24) is 5.32 Å². The largest absolute Gasteiger partial charge is 0.467 e. The number of nitrogens with two attached hydrogens (primary N) is 1. The molecular formula is C18H36N2O2. The van der Waals surface area contributed by atoms with Crippen LogP contribution in [-0.2, 0) is 9.53 Å². The van der Waals surface area contributed by atoms with Crippen LogP contribution < -0.4 is 11.1 Å². The highest BCUT2D eigenvalue weighted by atomic mass is 16.5. The Kier molecular flexibility index (Phi) is 8.16. The summed E-state index contributed by atoms with van der Waals surface area (Å²) in [4.78, 5) is 12.1. The summed E-state index contributed by atoms with van der Waals surface area (Å²) in [5.74, 6) is 0.378. The Morgan fingerprint density at radius 3 is 2.23 bits per heavy atom. The van der Waals surface area contributed by atoms with Gasteiger partial charge in [0.1, 0.15) is 6.04 Å². The number of methoxy groups -OCH3 is 1. The lowest BCUT2D eigenvalue weighted by Crippen LogP contribution is -2.43. The van der Waals surface area contributed by atoms with E-state index in [2.05, 4.69) is 39.1 Å². The molecule has 0 radical (unpaired) electrons. The van der Waals surface area contributed by atoms with Crippen molar-refractivity contribution in [3.8, 4) is 0 Å². The molecule has 22 heavy (non-hydrogen) atoms. The molecule has 0 aliphatic carbocycles. The van der Waals surface area contributed by atoms with Gasteiger partial charge in [0, 0.05) is 11.2 Å². The predicted molar refractivity (Wildman–Crippen MR) is 93.4 cm³/mol. The molecule has 4 nitrogen and oxygen atoms in total. The van der Waals surface area contributed by atoms with Gasteiger partial charge in [-0.05, 0) is 51.4 Å². The first-order valence-electron chi connectivity index (χ1n) is 8.16. The molecule has 0 aliphatic heterocycles. The molecule has 0 spiro atoms. The standard InChI is InChI=1S/C18H36N2O2/c1-13(2)9-10-14(3)20-15(16(21)22-8)11-17(4,5)12-18(6,7)19/h10,13,15,20H,9,11-12,19H2,1-8H3/b14-10+/t15-/m0/s1. The molecule has 0 heterocycles. The molecule has 130 valence electrons. The van der Waals surface area contributed by atoms with E-state index in [-0.39, 0.29) is 23.0 Å². The van der Waals surface area contributed by atoms with Gasteiger partial charge in [0.25, 0.3) is 0 Å². The third kappa shape index (κ3) is 9.82. The molecular weight excluding hydrogens is 276 g/mol. The molecule has 4 heteroatoms. The summed E-state index contributed by atoms with van der Waals surface area (Å²) >= 11 is 0. The molecule has 0 aromatic rings. The zero-order valence-electron chi connectivity index (χ0n) is 15.7. The topological polar surface area (TPSA) is 64.3 Å². The molecule has 0 aromatic carbocycles. The Labute approximate surface area is 136 Å². The van der Waals surface area contributed by atoms with E-state index >= 15 is 0 Å². The van der Waals surface area contributed by atoms with E-state index in [1.165, 1.54) is 7.11 Å². The summed E-state index contributed by atoms with van der Waals surface area (Å²) in [7, 11) is 1.43. The lowest BCUT2D eigenvalue weighted by molar-refractivity contribution is -0.143. The van der Waals surface area contributed by atoms with Gasteiger partial charge >= 0.3 is 5.97 Å². The minimum Gasteiger partial charge on any atom is -0.467 e. The minimum absolute atomic E-state index is 0.0531. The highest BCUT2D eigenvalue weighted by molar-refractivity contribution is 5.76. The molecule has 0 bridgehead atoms. The maximum atomic E-state index is 12.1. The number of rotatable bonds is 9. The number of hydrogen-bond acceptors (Lipinski definition) is 4. The van der Waals surface area contributed by atoms with Crippen LogP contribution in [0.15, 0.2) is 11.8 Å². The van der Waals surface area contributed by atoms with Gasteiger partial charge < -0.3 is 15.8 Å². The molecule has 0 fully saturated rings. The average molecular weight is 312 g/mol. The first-order valence-corrected chi connectivity index (χ1v) is 8.16. The number of ether oxygens (including phenoxy) is 1. The Morgan fingerprint density at radius 2 is 1.82 bits per heavy atom. The predicted octanol–water partition coefficient (Wildman–Crippen LogP) is 3.61. The molecule has 0 saturated heterocycles. The fourth-order valence-electron chi connectivity index (χ4n) is 2.94. The van der Waals surface area contributed by atoms with Gasteiger partial charge in [0.05, 0.1) is 7.11 Å². The third-order valence-electron chi connectivity index (χ3n) is 3.47. The molecule has 0 aromatic heterocycles. The van der Waals surface area contributed by atoms with E-state index in [1.54, 1.807) is 0 Å². The third-order valence-corrected chi connectivity index (χ3v) is 3.47. The van der Waals surface area contributed by atoms with E-state index in [1.807, 2.05) is 20.8 Å². The van der Waals surface area contributed by atoms with Gasteiger partial charge in [-0.1, -0.05) is 33.8 Å². The Hall–Kier alpha value is -1.03. The van der Waals surface area contributed by atoms with Gasteiger partial charge in [-0.3, -0.25) is 0 Å². The highest BCUT2D eigenvalue weighted by Gasteiger charge is 2.32. The second-order valence-corrected chi connectivity index (χ2v) is 8.27. The van der Waals surface area contributed by atoms with Crippen molar-refractivity contribution in [3.05, 3.63) is 11.8 Å². The van der Waals surface area contributed by atoms with Crippen LogP contribution >= 0.6 is 0 Å². The van der Waals surface area contributed by atoms with Crippen molar-refractivity contribution in [3.63, 3.8) is 0 Å². The second-order valence-electron chi connectivity index (χ2n) is 8.27. The van der Waals surface area contributed by atoms with Crippen molar-refractivity contribution in [2.75, 3.05) is 7.11 Å². The van der Waals surface area contributed by atoms with E-state index in [9.17, 15) is 4.79 Å². The van der Waals surface area contributed by atoms with E-state index < -0.39 is 0 Å². The zero-order valence-corrected chi connectivity index (χ0v) is 15.7. The van der Waals surface area contributed by atoms with Gasteiger partial charge in [-0.2, -0.15) is 0 Å². The first kappa shape index (κ1) is 21.0. The summed E-state index contributed by atoms with van der Waals surface area (Å²) < 4.78 is 4.95. The van der Waals surface area contributed by atoms with Crippen molar-refractivity contribution in [2.24, 2.45) is 17.1 Å². The first-order chi connectivity index (χ1) is 9.86. The van der Waals surface area contributed by atoms with Crippen LogP contribution in [0.25, 0.3) is 0 Å². The Balaban J connectivity index is 4.93. The van der Waals surface area contributed by atoms with Crippen LogP contribution in [0.5, 0.6) is 0 Å². The molecule has 0 amide bonds. The van der Waals surface area contributed by atoms with Crippen LogP contribution in [0.4, 0.5) is 0 Å². The van der Waals surface area contributed by atoms with Crippen molar-refractivity contribution < 1.29 is 9.53 Å². The molecule has 0 unspecified atom stereocenters. The summed E-state index contributed by atoms with van der Waals surface area (Å²) in [6, 6.07) is -0.342. The lowest BCUT2D eigenvalue weighted by Gasteiger charge is -2.35. The van der Waals surface area contributed by atoms with E-state index in [0.717, 1.165) is 18.5 Å². The van der Waals surface area contributed by atoms with Crippen molar-refractivity contribution in [2.45, 2.75) is 79.3 Å². The number of nitrogens with one attached hydrogen (secondary N) is 1. The maximum Gasteiger partial charge on any atom is 0.328 e. The molecule has 0 aliphatic rings. The van der Waals surface area contributed by atoms with E-state index in [0.29, 0.717) is 12.3 Å². The van der Waals surface area contributed by atoms with Crippen LogP contribution in [0.2, 0.25) is 0 Å². The van der Waals surface area contributed by atoms with Crippen molar-refractivity contribution in [1.29, 1.82) is 0 Å². The summed E-state index contributed by atoms with van der Waals surface area (Å²) in [6.07, 6.45) is 4.66. The monoisotopic (exact) mass is 312 g/mol. The molecule has 0 rings (SSSR count). The van der Waals surface area contributed by atoms with Gasteiger partial charge in [-0.25, -0.2) is 4.79 Å². The zero-order chi connectivity index (χ0) is 17.6. The summed E-state index contributed by atoms with van der Waals surface area (Å²) in [5, 5.41) is 3.31. The lowest BCUT2D eigenvalue weighted by atomic mass is 9.76. The van der Waals surface area contributed by atoms with Gasteiger partial charge in [0.2, 0.25) is 0 Å². The fourth-order valence-corrected chi connectivity index (χ4v) is 2.94. The molecule has 3 N–H and O–H groups in total. The van der Waals surface area contributed by atoms with Gasteiger partial charge in [0.15, 0.2) is 0 Å². The number of esters is 1. The summed E-state index contributed by atoms with van der Waals surface area (Å²) in [5.41, 5.74) is 6.85. The highest BCUT2D eigenvalue weighted by Crippen LogP contribution is 2.32. The molecule has 0 saturated carbocycles. The number of carbonyl (C=O) groups excluding carboxylic acids is 1. The fraction of sp³-hybridized carbons (Fsp3) is 0.833. The SMILES string of the molecule is COC(=O)[C@H](CC(C)(C)CC(C)(C)N)N/C(C)=C/CC(C)C. The molecule has 1 atom stereocenters. The Bertz CT molecular complexity index is 379. The van der Waals surface area contributed by atoms with Crippen LogP contribution in [-0.4, -0.2) is 24.7 Å². The quantitative estimate of drug-likeness (QED) is 0.638. The average Bonchev–Trinajstić information content (AvgIpc) is 2.31. The van der Waals surface area contributed by atoms with Crippen LogP contribution in [0.3, 0.4) is 0 Å². The smallest absolute Gasteiger partial charge is 0.328 e. The van der Waals surface area contributed by atoms with Crippen LogP contribution in [0.1, 0.15) is 67.7 Å². The van der Waals surface area contributed by atoms with Crippen molar-refractivity contribution >= 4 is 5.97 Å². The number of hydrogen-bond donors (Lipinski definition) is 2. The minimum atomic E-state index is -0.342. The number of carbonyl (C=O) groups is 1. The second kappa shape index (κ2) is 8.56. The normalized spacial score (nSPS) is 14.9. The number of allylic oxidation sites excluding steroid dienone is 2. The summed E-state index contributed by atoms with van der Waals surface area (Å²) in [6.45, 7) is 14.7. The maximum absolute atomic E-state index is 12.1. The Morgan fingerprint density at radius 1 is 1.27 bits per heavy atom. The van der Waals surface area contributed by atoms with Gasteiger partial charge in [-0.15, -0.1) is 0 Å². The van der Waals surface area contributed by atoms with Crippen LogP contribution in [0, 0.1) is 11.3 Å².